The van der Waals surface area contributed by atoms with Crippen LogP contribution in [0.15, 0.2) is 11.6 Å². The van der Waals surface area contributed by atoms with Crippen molar-refractivity contribution >= 4 is 0 Å². The SMILES string of the molecule is CC(C)[C@H]1CC[C@H](C)[C@]2(O)CCC(CO)=C[C@H]12. The van der Waals surface area contributed by atoms with Gasteiger partial charge in [-0.05, 0) is 49.0 Å². The van der Waals surface area contributed by atoms with Crippen molar-refractivity contribution in [1.29, 1.82) is 0 Å². The highest BCUT2D eigenvalue weighted by atomic mass is 16.3. The third-order valence-corrected chi connectivity index (χ3v) is 5.15. The number of hydrogen-bond acceptors (Lipinski definition) is 2. The van der Waals surface area contributed by atoms with E-state index in [2.05, 4.69) is 26.8 Å². The second kappa shape index (κ2) is 4.74. The zero-order chi connectivity index (χ0) is 12.6. The maximum atomic E-state index is 11.0. The van der Waals surface area contributed by atoms with Crippen LogP contribution < -0.4 is 0 Å². The molecular formula is C15H26O2. The largest absolute Gasteiger partial charge is 0.392 e. The average Bonchev–Trinajstić information content (AvgIpc) is 2.30. The predicted molar refractivity (Wildman–Crippen MR) is 69.6 cm³/mol. The molecule has 0 heterocycles. The molecule has 1 saturated carbocycles. The van der Waals surface area contributed by atoms with Gasteiger partial charge in [-0.15, -0.1) is 0 Å². The molecule has 0 saturated heterocycles. The fraction of sp³-hybridized carbons (Fsp3) is 0.867. The van der Waals surface area contributed by atoms with Gasteiger partial charge in [0.25, 0.3) is 0 Å². The van der Waals surface area contributed by atoms with Crippen LogP contribution in [-0.2, 0) is 0 Å². The molecular weight excluding hydrogens is 212 g/mol. The van der Waals surface area contributed by atoms with Crippen LogP contribution in [0.1, 0.15) is 46.5 Å². The summed E-state index contributed by atoms with van der Waals surface area (Å²) < 4.78 is 0. The van der Waals surface area contributed by atoms with E-state index in [-0.39, 0.29) is 12.5 Å². The lowest BCUT2D eigenvalue weighted by atomic mass is 9.57. The molecule has 0 radical (unpaired) electrons. The van der Waals surface area contributed by atoms with E-state index in [0.29, 0.717) is 17.8 Å². The van der Waals surface area contributed by atoms with Crippen LogP contribution in [0.3, 0.4) is 0 Å². The van der Waals surface area contributed by atoms with E-state index in [1.54, 1.807) is 0 Å². The molecule has 0 aromatic carbocycles. The molecule has 0 amide bonds. The highest BCUT2D eigenvalue weighted by Gasteiger charge is 2.49. The smallest absolute Gasteiger partial charge is 0.0741 e. The summed E-state index contributed by atoms with van der Waals surface area (Å²) in [6, 6.07) is 0. The van der Waals surface area contributed by atoms with Crippen molar-refractivity contribution < 1.29 is 10.2 Å². The Bertz CT molecular complexity index is 308. The number of aliphatic hydroxyl groups excluding tert-OH is 1. The van der Waals surface area contributed by atoms with Crippen LogP contribution in [0.25, 0.3) is 0 Å². The van der Waals surface area contributed by atoms with Crippen LogP contribution in [0.2, 0.25) is 0 Å². The van der Waals surface area contributed by atoms with Gasteiger partial charge >= 0.3 is 0 Å². The highest BCUT2D eigenvalue weighted by molar-refractivity contribution is 5.18. The van der Waals surface area contributed by atoms with Gasteiger partial charge in [0, 0.05) is 5.92 Å². The van der Waals surface area contributed by atoms with Gasteiger partial charge in [-0.2, -0.15) is 0 Å². The molecule has 2 N–H and O–H groups in total. The Morgan fingerprint density at radius 1 is 1.41 bits per heavy atom. The van der Waals surface area contributed by atoms with E-state index < -0.39 is 5.60 Å². The molecule has 0 aromatic rings. The summed E-state index contributed by atoms with van der Waals surface area (Å²) in [5.41, 5.74) is 0.603. The minimum Gasteiger partial charge on any atom is -0.392 e. The molecule has 2 nitrogen and oxygen atoms in total. The lowest BCUT2D eigenvalue weighted by molar-refractivity contribution is -0.112. The standard InChI is InChI=1S/C15H26O2/c1-10(2)13-5-4-11(3)15(17)7-6-12(9-16)8-14(13)15/h8,10-11,13-14,16-17H,4-7,9H2,1-3H3/t11-,13+,14+,15+/m0/s1. The molecule has 0 spiro atoms. The first-order valence-corrected chi connectivity index (χ1v) is 7.02. The monoisotopic (exact) mass is 238 g/mol. The second-order valence-electron chi connectivity index (χ2n) is 6.39. The van der Waals surface area contributed by atoms with Gasteiger partial charge in [-0.1, -0.05) is 26.8 Å². The molecule has 0 unspecified atom stereocenters. The van der Waals surface area contributed by atoms with Crippen molar-refractivity contribution in [3.8, 4) is 0 Å². The zero-order valence-electron chi connectivity index (χ0n) is 11.3. The van der Waals surface area contributed by atoms with Crippen molar-refractivity contribution in [2.24, 2.45) is 23.7 Å². The van der Waals surface area contributed by atoms with Crippen molar-refractivity contribution in [2.75, 3.05) is 6.61 Å². The van der Waals surface area contributed by atoms with Gasteiger partial charge in [-0.3, -0.25) is 0 Å². The molecule has 0 aromatic heterocycles. The van der Waals surface area contributed by atoms with Crippen molar-refractivity contribution in [3.63, 3.8) is 0 Å². The lowest BCUT2D eigenvalue weighted by Gasteiger charge is -2.51. The first-order valence-electron chi connectivity index (χ1n) is 7.02. The minimum atomic E-state index is -0.522. The summed E-state index contributed by atoms with van der Waals surface area (Å²) in [6.45, 7) is 6.84. The van der Waals surface area contributed by atoms with Crippen LogP contribution in [0, 0.1) is 23.7 Å². The van der Waals surface area contributed by atoms with Crippen LogP contribution in [0.4, 0.5) is 0 Å². The molecule has 17 heavy (non-hydrogen) atoms. The predicted octanol–water partition coefficient (Wildman–Crippen LogP) is 2.75. The Kier molecular flexibility index (Phi) is 3.65. The average molecular weight is 238 g/mol. The van der Waals surface area contributed by atoms with Crippen molar-refractivity contribution in [1.82, 2.24) is 0 Å². The van der Waals surface area contributed by atoms with E-state index in [4.69, 9.17) is 0 Å². The molecule has 4 atom stereocenters. The first kappa shape index (κ1) is 13.1. The minimum absolute atomic E-state index is 0.159. The molecule has 0 bridgehead atoms. The molecule has 2 rings (SSSR count). The number of rotatable bonds is 2. The second-order valence-corrected chi connectivity index (χ2v) is 6.39. The van der Waals surface area contributed by atoms with Crippen LogP contribution >= 0.6 is 0 Å². The number of hydrogen-bond donors (Lipinski definition) is 2. The molecule has 2 aliphatic carbocycles. The Balaban J connectivity index is 2.32. The van der Waals surface area contributed by atoms with Crippen LogP contribution in [0.5, 0.6) is 0 Å². The Labute approximate surface area is 105 Å². The van der Waals surface area contributed by atoms with Crippen molar-refractivity contribution in [3.05, 3.63) is 11.6 Å². The van der Waals surface area contributed by atoms with Crippen LogP contribution in [-0.4, -0.2) is 22.4 Å². The zero-order valence-corrected chi connectivity index (χ0v) is 11.3. The molecule has 2 aliphatic rings. The fourth-order valence-electron chi connectivity index (χ4n) is 3.83. The quantitative estimate of drug-likeness (QED) is 0.726. The van der Waals surface area contributed by atoms with E-state index in [9.17, 15) is 10.2 Å². The van der Waals surface area contributed by atoms with E-state index in [1.807, 2.05) is 0 Å². The Morgan fingerprint density at radius 3 is 2.71 bits per heavy atom. The van der Waals surface area contributed by atoms with Gasteiger partial charge in [0.15, 0.2) is 0 Å². The number of fused-ring (bicyclic) bond motifs is 1. The lowest BCUT2D eigenvalue weighted by Crippen LogP contribution is -2.52. The highest BCUT2D eigenvalue weighted by Crippen LogP contribution is 2.50. The fourth-order valence-corrected chi connectivity index (χ4v) is 3.83. The first-order chi connectivity index (χ1) is 7.99. The summed E-state index contributed by atoms with van der Waals surface area (Å²) in [5.74, 6) is 1.81. The topological polar surface area (TPSA) is 40.5 Å². The summed E-state index contributed by atoms with van der Waals surface area (Å²) >= 11 is 0. The Morgan fingerprint density at radius 2 is 2.12 bits per heavy atom. The van der Waals surface area contributed by atoms with Gasteiger partial charge < -0.3 is 10.2 Å². The number of aliphatic hydroxyl groups is 2. The summed E-state index contributed by atoms with van der Waals surface area (Å²) in [4.78, 5) is 0. The molecule has 0 aliphatic heterocycles. The van der Waals surface area contributed by atoms with Gasteiger partial charge in [0.05, 0.1) is 12.2 Å². The van der Waals surface area contributed by atoms with E-state index in [0.717, 1.165) is 24.8 Å². The molecule has 98 valence electrons. The van der Waals surface area contributed by atoms with Gasteiger partial charge in [-0.25, -0.2) is 0 Å². The van der Waals surface area contributed by atoms with E-state index >= 15 is 0 Å². The molecule has 1 fully saturated rings. The maximum Gasteiger partial charge on any atom is 0.0741 e. The van der Waals surface area contributed by atoms with Crippen molar-refractivity contribution in [2.45, 2.75) is 52.1 Å². The van der Waals surface area contributed by atoms with Gasteiger partial charge in [0.1, 0.15) is 0 Å². The molecule has 2 heteroatoms. The third kappa shape index (κ3) is 2.17. The Hall–Kier alpha value is -0.340. The third-order valence-electron chi connectivity index (χ3n) is 5.15. The van der Waals surface area contributed by atoms with Gasteiger partial charge in [0.2, 0.25) is 0 Å². The van der Waals surface area contributed by atoms with E-state index in [1.165, 1.54) is 6.42 Å². The summed E-state index contributed by atoms with van der Waals surface area (Å²) in [7, 11) is 0. The normalized spacial score (nSPS) is 42.2. The summed E-state index contributed by atoms with van der Waals surface area (Å²) in [6.07, 6.45) is 6.22. The summed E-state index contributed by atoms with van der Waals surface area (Å²) in [5, 5.41) is 20.3. The maximum absolute atomic E-state index is 11.0.